The van der Waals surface area contributed by atoms with Gasteiger partial charge in [-0.15, -0.1) is 0 Å². The molecule has 4 nitrogen and oxygen atoms in total. The molecule has 0 amide bonds. The number of aliphatic imine (C=N–C) groups is 1. The first-order chi connectivity index (χ1) is 10.1. The number of benzene rings is 1. The summed E-state index contributed by atoms with van der Waals surface area (Å²) in [7, 11) is 2.01. The van der Waals surface area contributed by atoms with Gasteiger partial charge in [0, 0.05) is 30.7 Å². The lowest BCUT2D eigenvalue weighted by Crippen LogP contribution is -2.39. The summed E-state index contributed by atoms with van der Waals surface area (Å²) in [6.07, 6.45) is 1.58. The third-order valence-electron chi connectivity index (χ3n) is 3.22. The Morgan fingerprint density at radius 3 is 2.71 bits per heavy atom. The van der Waals surface area contributed by atoms with Gasteiger partial charge in [0.1, 0.15) is 6.10 Å². The summed E-state index contributed by atoms with van der Waals surface area (Å²) >= 11 is 6.09. The van der Waals surface area contributed by atoms with Gasteiger partial charge in [-0.3, -0.25) is 4.99 Å². The summed E-state index contributed by atoms with van der Waals surface area (Å²) in [6.45, 7) is 6.25. The summed E-state index contributed by atoms with van der Waals surface area (Å²) in [6, 6.07) is 7.33. The van der Waals surface area contributed by atoms with Gasteiger partial charge in [-0.1, -0.05) is 43.1 Å². The fourth-order valence-electron chi connectivity index (χ4n) is 1.99. The third-order valence-corrected chi connectivity index (χ3v) is 3.57. The van der Waals surface area contributed by atoms with Gasteiger partial charge >= 0.3 is 0 Å². The zero-order chi connectivity index (χ0) is 15.7. The molecule has 1 aromatic carbocycles. The van der Waals surface area contributed by atoms with Crippen molar-refractivity contribution in [3.05, 3.63) is 34.9 Å². The Bertz CT molecular complexity index is 451. The van der Waals surface area contributed by atoms with E-state index in [1.54, 1.807) is 6.07 Å². The smallest absolute Gasteiger partial charge is 0.193 e. The highest BCUT2D eigenvalue weighted by Gasteiger charge is 2.12. The molecule has 5 heteroatoms. The van der Waals surface area contributed by atoms with E-state index < -0.39 is 6.10 Å². The van der Waals surface area contributed by atoms with Gasteiger partial charge in [-0.05, 0) is 19.4 Å². The van der Waals surface area contributed by atoms with Gasteiger partial charge in [-0.2, -0.15) is 0 Å². The van der Waals surface area contributed by atoms with Crippen LogP contribution in [0.3, 0.4) is 0 Å². The molecule has 0 aliphatic carbocycles. The Labute approximate surface area is 132 Å². The van der Waals surface area contributed by atoms with Crippen molar-refractivity contribution in [1.29, 1.82) is 0 Å². The number of nitrogens with zero attached hydrogens (tertiary/aromatic N) is 2. The average molecular weight is 312 g/mol. The van der Waals surface area contributed by atoms with Crippen LogP contribution < -0.4 is 5.32 Å². The van der Waals surface area contributed by atoms with Crippen molar-refractivity contribution in [3.8, 4) is 0 Å². The Balaban J connectivity index is 2.71. The number of guanidine groups is 1. The van der Waals surface area contributed by atoms with Crippen molar-refractivity contribution in [3.63, 3.8) is 0 Å². The number of hydrogen-bond acceptors (Lipinski definition) is 2. The maximum Gasteiger partial charge on any atom is 0.193 e. The van der Waals surface area contributed by atoms with Crippen LogP contribution in [0.15, 0.2) is 29.3 Å². The molecule has 0 saturated carbocycles. The summed E-state index contributed by atoms with van der Waals surface area (Å²) in [4.78, 5) is 6.60. The highest BCUT2D eigenvalue weighted by atomic mass is 35.5. The number of rotatable bonds is 7. The topological polar surface area (TPSA) is 47.9 Å². The molecule has 0 heterocycles. The van der Waals surface area contributed by atoms with Crippen LogP contribution in [0.25, 0.3) is 0 Å². The molecule has 0 fully saturated rings. The SMILES string of the molecule is CCCCN(C)C(=NCC(O)c1ccccc1Cl)NCC. The minimum absolute atomic E-state index is 0.294. The molecule has 0 spiro atoms. The Kier molecular flexibility index (Phi) is 8.16. The molecule has 0 saturated heterocycles. The minimum atomic E-state index is -0.688. The Hall–Kier alpha value is -1.26. The van der Waals surface area contributed by atoms with Crippen LogP contribution in [0.5, 0.6) is 0 Å². The molecule has 0 radical (unpaired) electrons. The average Bonchev–Trinajstić information content (AvgIpc) is 2.49. The quantitative estimate of drug-likeness (QED) is 0.601. The maximum atomic E-state index is 10.2. The monoisotopic (exact) mass is 311 g/mol. The van der Waals surface area contributed by atoms with Crippen molar-refractivity contribution >= 4 is 17.6 Å². The highest BCUT2D eigenvalue weighted by molar-refractivity contribution is 6.31. The predicted octanol–water partition coefficient (Wildman–Crippen LogP) is 3.07. The summed E-state index contributed by atoms with van der Waals surface area (Å²) in [5.74, 6) is 0.817. The molecule has 0 bridgehead atoms. The highest BCUT2D eigenvalue weighted by Crippen LogP contribution is 2.22. The second kappa shape index (κ2) is 9.64. The van der Waals surface area contributed by atoms with Crippen LogP contribution in [0.4, 0.5) is 0 Å². The third kappa shape index (κ3) is 5.94. The van der Waals surface area contributed by atoms with Crippen LogP contribution in [-0.2, 0) is 0 Å². The van der Waals surface area contributed by atoms with Gasteiger partial charge < -0.3 is 15.3 Å². The van der Waals surface area contributed by atoms with E-state index in [0.717, 1.165) is 37.5 Å². The van der Waals surface area contributed by atoms with Gasteiger partial charge in [0.15, 0.2) is 5.96 Å². The number of unbranched alkanes of at least 4 members (excludes halogenated alkanes) is 1. The number of nitrogens with one attached hydrogen (secondary N) is 1. The first-order valence-corrected chi connectivity index (χ1v) is 7.89. The van der Waals surface area contributed by atoms with E-state index in [4.69, 9.17) is 11.6 Å². The van der Waals surface area contributed by atoms with Crippen LogP contribution in [0.1, 0.15) is 38.4 Å². The van der Waals surface area contributed by atoms with Crippen LogP contribution >= 0.6 is 11.6 Å². The fourth-order valence-corrected chi connectivity index (χ4v) is 2.25. The molecule has 1 atom stereocenters. The largest absolute Gasteiger partial charge is 0.386 e. The first kappa shape index (κ1) is 17.8. The van der Waals surface area contributed by atoms with Gasteiger partial charge in [0.05, 0.1) is 6.54 Å². The van der Waals surface area contributed by atoms with Crippen molar-refractivity contribution in [2.24, 2.45) is 4.99 Å². The van der Waals surface area contributed by atoms with Gasteiger partial charge in [0.25, 0.3) is 0 Å². The molecular formula is C16H26ClN3O. The number of halogens is 1. The van der Waals surface area contributed by atoms with Crippen molar-refractivity contribution in [2.75, 3.05) is 26.7 Å². The molecule has 21 heavy (non-hydrogen) atoms. The predicted molar refractivity (Wildman–Crippen MR) is 89.9 cm³/mol. The molecule has 0 aliphatic rings. The molecule has 1 aromatic rings. The van der Waals surface area contributed by atoms with Crippen molar-refractivity contribution in [1.82, 2.24) is 10.2 Å². The van der Waals surface area contributed by atoms with Crippen molar-refractivity contribution < 1.29 is 5.11 Å². The van der Waals surface area contributed by atoms with Gasteiger partial charge in [0.2, 0.25) is 0 Å². The number of aliphatic hydroxyl groups excluding tert-OH is 1. The van der Waals surface area contributed by atoms with E-state index >= 15 is 0 Å². The number of aliphatic hydroxyl groups is 1. The van der Waals surface area contributed by atoms with Crippen molar-refractivity contribution in [2.45, 2.75) is 32.8 Å². The van der Waals surface area contributed by atoms with E-state index in [2.05, 4.69) is 22.1 Å². The van der Waals surface area contributed by atoms with E-state index in [-0.39, 0.29) is 0 Å². The normalized spacial score (nSPS) is 13.1. The summed E-state index contributed by atoms with van der Waals surface area (Å²) in [5, 5.41) is 14.1. The molecule has 1 unspecified atom stereocenters. The second-order valence-corrected chi connectivity index (χ2v) is 5.41. The summed E-state index contributed by atoms with van der Waals surface area (Å²) < 4.78 is 0. The standard InChI is InChI=1S/C16H26ClN3O/c1-4-6-11-20(3)16(18-5-2)19-12-15(21)13-9-7-8-10-14(13)17/h7-10,15,21H,4-6,11-12H2,1-3H3,(H,18,19). The molecular weight excluding hydrogens is 286 g/mol. The van der Waals surface area contributed by atoms with Gasteiger partial charge in [-0.25, -0.2) is 0 Å². The Morgan fingerprint density at radius 2 is 2.10 bits per heavy atom. The van der Waals surface area contributed by atoms with E-state index in [1.807, 2.05) is 32.2 Å². The van der Waals surface area contributed by atoms with Crippen LogP contribution in [0, 0.1) is 0 Å². The molecule has 1 rings (SSSR count). The maximum absolute atomic E-state index is 10.2. The fraction of sp³-hybridized carbons (Fsp3) is 0.562. The van der Waals surface area contributed by atoms with E-state index in [1.165, 1.54) is 0 Å². The zero-order valence-corrected chi connectivity index (χ0v) is 13.9. The molecule has 2 N–H and O–H groups in total. The molecule has 118 valence electrons. The molecule has 0 aliphatic heterocycles. The van der Waals surface area contributed by atoms with E-state index in [9.17, 15) is 5.11 Å². The lowest BCUT2D eigenvalue weighted by molar-refractivity contribution is 0.187. The number of hydrogen-bond donors (Lipinski definition) is 2. The summed E-state index contributed by atoms with van der Waals surface area (Å²) in [5.41, 5.74) is 0.718. The lowest BCUT2D eigenvalue weighted by Gasteiger charge is -2.22. The van der Waals surface area contributed by atoms with Crippen LogP contribution in [-0.4, -0.2) is 42.6 Å². The lowest BCUT2D eigenvalue weighted by atomic mass is 10.1. The first-order valence-electron chi connectivity index (χ1n) is 7.52. The zero-order valence-electron chi connectivity index (χ0n) is 13.1. The van der Waals surface area contributed by atoms with Crippen LogP contribution in [0.2, 0.25) is 5.02 Å². The molecule has 0 aromatic heterocycles. The Morgan fingerprint density at radius 1 is 1.38 bits per heavy atom. The minimum Gasteiger partial charge on any atom is -0.386 e. The second-order valence-electron chi connectivity index (χ2n) is 5.01. The van der Waals surface area contributed by atoms with E-state index in [0.29, 0.717) is 11.6 Å².